The minimum Gasteiger partial charge on any atom is -0.0883 e. The van der Waals surface area contributed by atoms with E-state index in [-0.39, 0.29) is 0 Å². The van der Waals surface area contributed by atoms with Crippen molar-refractivity contribution < 1.29 is 0 Å². The molecule has 0 aliphatic carbocycles. The normalized spacial score (nSPS) is 46.3. The third-order valence-corrected chi connectivity index (χ3v) is 4.65. The van der Waals surface area contributed by atoms with E-state index < -0.39 is 0 Å². The number of alkyl halides is 1. The lowest BCUT2D eigenvalue weighted by Crippen LogP contribution is -2.38. The molecule has 2 aliphatic rings. The highest BCUT2D eigenvalue weighted by atomic mass is 127. The molecule has 0 nitrogen and oxygen atoms in total. The van der Waals surface area contributed by atoms with E-state index in [0.717, 1.165) is 9.14 Å². The van der Waals surface area contributed by atoms with Crippen LogP contribution in [0.3, 0.4) is 0 Å². The number of rotatable bonds is 0. The van der Waals surface area contributed by atoms with Crippen LogP contribution in [0.4, 0.5) is 0 Å². The number of halogens is 1. The first-order valence-corrected chi connectivity index (χ1v) is 5.55. The monoisotopic (exact) mass is 248 g/mol. The summed E-state index contributed by atoms with van der Waals surface area (Å²) in [6, 6.07) is 0. The summed E-state index contributed by atoms with van der Waals surface area (Å²) in [4.78, 5) is 0. The summed E-state index contributed by atoms with van der Waals surface area (Å²) in [7, 11) is 1.54. The second-order valence-electron chi connectivity index (χ2n) is 4.01. The summed E-state index contributed by atoms with van der Waals surface area (Å²) < 4.78 is 0.749. The SMILES string of the molecule is IC12BC(CCC1)CCC2. The quantitative estimate of drug-likeness (QED) is 0.351. The van der Waals surface area contributed by atoms with Gasteiger partial charge >= 0.3 is 0 Å². The average molecular weight is 248 g/mol. The molecule has 2 bridgehead atoms. The van der Waals surface area contributed by atoms with Gasteiger partial charge in [-0.1, -0.05) is 54.1 Å². The largest absolute Gasteiger partial charge is 0.144 e. The van der Waals surface area contributed by atoms with Gasteiger partial charge in [0.1, 0.15) is 7.28 Å². The number of hydrogen-bond donors (Lipinski definition) is 0. The van der Waals surface area contributed by atoms with Crippen molar-refractivity contribution in [3.63, 3.8) is 0 Å². The molecule has 2 saturated heterocycles. The molecule has 56 valence electrons. The Morgan fingerprint density at radius 3 is 2.20 bits per heavy atom. The molecular formula is C8H14BI. The Kier molecular flexibility index (Phi) is 2.00. The van der Waals surface area contributed by atoms with Gasteiger partial charge in [-0.3, -0.25) is 0 Å². The lowest BCUT2D eigenvalue weighted by molar-refractivity contribution is 0.450. The first-order valence-electron chi connectivity index (χ1n) is 4.47. The molecular weight excluding hydrogens is 234 g/mol. The molecule has 0 unspecified atom stereocenters. The molecule has 2 rings (SSSR count). The highest BCUT2D eigenvalue weighted by Crippen LogP contribution is 2.45. The van der Waals surface area contributed by atoms with Crippen LogP contribution in [0.15, 0.2) is 0 Å². The zero-order chi connectivity index (χ0) is 7.03. The fraction of sp³-hybridized carbons (Fsp3) is 1.00. The topological polar surface area (TPSA) is 0 Å². The molecule has 0 radical (unpaired) electrons. The van der Waals surface area contributed by atoms with Crippen LogP contribution in [0.5, 0.6) is 0 Å². The number of hydrogen-bond acceptors (Lipinski definition) is 0. The fourth-order valence-electron chi connectivity index (χ4n) is 2.61. The standard InChI is InChI=1S/C8H14BI/c10-8-5-1-3-7(9-8)4-2-6-8/h7,9H,1-6H2. The summed E-state index contributed by atoms with van der Waals surface area (Å²) in [5.74, 6) is 1.11. The minimum atomic E-state index is 0.749. The van der Waals surface area contributed by atoms with Crippen LogP contribution in [-0.4, -0.2) is 10.6 Å². The summed E-state index contributed by atoms with van der Waals surface area (Å²) in [6.07, 6.45) is 9.09. The molecule has 2 aliphatic heterocycles. The van der Waals surface area contributed by atoms with Gasteiger partial charge in [0, 0.05) is 0 Å². The Balaban J connectivity index is 2.07. The van der Waals surface area contributed by atoms with Gasteiger partial charge in [-0.05, 0) is 16.2 Å². The van der Waals surface area contributed by atoms with E-state index in [4.69, 9.17) is 0 Å². The summed E-state index contributed by atoms with van der Waals surface area (Å²) in [6.45, 7) is 0. The molecule has 0 spiro atoms. The van der Waals surface area contributed by atoms with Gasteiger partial charge in [-0.2, -0.15) is 0 Å². The van der Waals surface area contributed by atoms with Gasteiger partial charge < -0.3 is 0 Å². The van der Waals surface area contributed by atoms with Crippen LogP contribution in [0.1, 0.15) is 38.5 Å². The Hall–Kier alpha value is 0.795. The molecule has 0 amide bonds. The van der Waals surface area contributed by atoms with E-state index in [1.54, 1.807) is 0 Å². The Morgan fingerprint density at radius 2 is 1.80 bits per heavy atom. The second-order valence-corrected chi connectivity index (χ2v) is 6.29. The molecule has 0 aromatic heterocycles. The van der Waals surface area contributed by atoms with Crippen LogP contribution in [0.2, 0.25) is 5.82 Å². The van der Waals surface area contributed by atoms with Gasteiger partial charge in [-0.15, -0.1) is 0 Å². The molecule has 2 fully saturated rings. The van der Waals surface area contributed by atoms with E-state index in [1.165, 1.54) is 45.8 Å². The molecule has 2 heterocycles. The first-order chi connectivity index (χ1) is 4.79. The molecule has 0 N–H and O–H groups in total. The van der Waals surface area contributed by atoms with E-state index >= 15 is 0 Å². The van der Waals surface area contributed by atoms with Crippen LogP contribution in [-0.2, 0) is 0 Å². The fourth-order valence-corrected chi connectivity index (χ4v) is 4.00. The van der Waals surface area contributed by atoms with Crippen molar-refractivity contribution in [3.8, 4) is 0 Å². The summed E-state index contributed by atoms with van der Waals surface area (Å²) >= 11 is 2.72. The molecule has 2 heteroatoms. The average Bonchev–Trinajstić information content (AvgIpc) is 1.86. The van der Waals surface area contributed by atoms with Crippen LogP contribution in [0.25, 0.3) is 0 Å². The molecule has 0 aromatic rings. The predicted molar refractivity (Wildman–Crippen MR) is 55.4 cm³/mol. The highest BCUT2D eigenvalue weighted by molar-refractivity contribution is 14.1. The van der Waals surface area contributed by atoms with Crippen molar-refractivity contribution in [1.82, 2.24) is 0 Å². The lowest BCUT2D eigenvalue weighted by atomic mass is 9.44. The van der Waals surface area contributed by atoms with Crippen LogP contribution >= 0.6 is 22.6 Å². The van der Waals surface area contributed by atoms with Gasteiger partial charge in [0.2, 0.25) is 0 Å². The zero-order valence-corrected chi connectivity index (χ0v) is 8.56. The maximum atomic E-state index is 2.72. The Labute approximate surface area is 77.5 Å². The van der Waals surface area contributed by atoms with Crippen molar-refractivity contribution in [2.24, 2.45) is 0 Å². The summed E-state index contributed by atoms with van der Waals surface area (Å²) in [5.41, 5.74) is 0. The van der Waals surface area contributed by atoms with Crippen LogP contribution in [0, 0.1) is 0 Å². The molecule has 10 heavy (non-hydrogen) atoms. The lowest BCUT2D eigenvalue weighted by Gasteiger charge is -2.40. The molecule has 0 saturated carbocycles. The smallest absolute Gasteiger partial charge is 0.0883 e. The maximum absolute atomic E-state index is 2.72. The van der Waals surface area contributed by atoms with Gasteiger partial charge in [0.25, 0.3) is 0 Å². The number of fused-ring (bicyclic) bond motifs is 2. The van der Waals surface area contributed by atoms with E-state index in [2.05, 4.69) is 22.6 Å². The van der Waals surface area contributed by atoms with E-state index in [0.29, 0.717) is 0 Å². The van der Waals surface area contributed by atoms with Crippen molar-refractivity contribution in [1.29, 1.82) is 0 Å². The second kappa shape index (κ2) is 2.69. The Bertz CT molecular complexity index is 125. The maximum Gasteiger partial charge on any atom is 0.144 e. The third-order valence-electron chi connectivity index (χ3n) is 3.13. The van der Waals surface area contributed by atoms with Crippen molar-refractivity contribution in [3.05, 3.63) is 0 Å². The highest BCUT2D eigenvalue weighted by Gasteiger charge is 2.37. The predicted octanol–water partition coefficient (Wildman–Crippen LogP) is 2.71. The Morgan fingerprint density at radius 1 is 1.20 bits per heavy atom. The first kappa shape index (κ1) is 7.44. The van der Waals surface area contributed by atoms with Crippen molar-refractivity contribution in [2.45, 2.75) is 47.7 Å². The molecule has 0 aromatic carbocycles. The van der Waals surface area contributed by atoms with Gasteiger partial charge in [-0.25, -0.2) is 0 Å². The zero-order valence-electron chi connectivity index (χ0n) is 6.41. The van der Waals surface area contributed by atoms with Crippen LogP contribution < -0.4 is 0 Å². The summed E-state index contributed by atoms with van der Waals surface area (Å²) in [5, 5.41) is 0. The van der Waals surface area contributed by atoms with Crippen molar-refractivity contribution in [2.75, 3.05) is 0 Å². The third kappa shape index (κ3) is 1.36. The molecule has 0 atom stereocenters. The van der Waals surface area contributed by atoms with Gasteiger partial charge in [0.05, 0.1) is 0 Å². The minimum absolute atomic E-state index is 0.749. The van der Waals surface area contributed by atoms with E-state index in [1.807, 2.05) is 0 Å². The van der Waals surface area contributed by atoms with E-state index in [9.17, 15) is 0 Å². The van der Waals surface area contributed by atoms with Gasteiger partial charge in [0.15, 0.2) is 0 Å². The van der Waals surface area contributed by atoms with Crippen molar-refractivity contribution >= 4 is 29.9 Å².